The van der Waals surface area contributed by atoms with Crippen molar-refractivity contribution in [2.45, 2.75) is 104 Å². The molecule has 1 aliphatic heterocycles. The topological polar surface area (TPSA) is 60.4 Å². The molecule has 6 heteroatoms. The number of hydrogen-bond donors (Lipinski definition) is 0. The molecule has 2 rings (SSSR count). The summed E-state index contributed by atoms with van der Waals surface area (Å²) >= 11 is 0. The van der Waals surface area contributed by atoms with Gasteiger partial charge in [0.1, 0.15) is 6.61 Å². The summed E-state index contributed by atoms with van der Waals surface area (Å²) in [7, 11) is 0. The van der Waals surface area contributed by atoms with E-state index in [-0.39, 0.29) is 18.4 Å². The van der Waals surface area contributed by atoms with Crippen LogP contribution >= 0.6 is 0 Å². The number of ether oxygens (including phenoxy) is 3. The highest BCUT2D eigenvalue weighted by atomic mass is 16.7. The van der Waals surface area contributed by atoms with Crippen molar-refractivity contribution in [3.8, 4) is 0 Å². The van der Waals surface area contributed by atoms with Gasteiger partial charge in [0.25, 0.3) is 0 Å². The van der Waals surface area contributed by atoms with Gasteiger partial charge in [-0.1, -0.05) is 50.1 Å². The third-order valence-corrected chi connectivity index (χ3v) is 6.25. The van der Waals surface area contributed by atoms with Crippen molar-refractivity contribution in [2.24, 2.45) is 4.99 Å². The van der Waals surface area contributed by atoms with Gasteiger partial charge in [0.05, 0.1) is 0 Å². The quantitative estimate of drug-likeness (QED) is 0.151. The molecule has 0 bridgehead atoms. The predicted molar refractivity (Wildman–Crippen MR) is 138 cm³/mol. The second-order valence-electron chi connectivity index (χ2n) is 8.97. The van der Waals surface area contributed by atoms with Crippen molar-refractivity contribution in [1.29, 1.82) is 0 Å². The van der Waals surface area contributed by atoms with E-state index in [4.69, 9.17) is 19.2 Å². The maximum absolute atomic E-state index is 12.9. The van der Waals surface area contributed by atoms with Crippen LogP contribution in [0.1, 0.15) is 90.5 Å². The summed E-state index contributed by atoms with van der Waals surface area (Å²) in [5.74, 6) is 0. The van der Waals surface area contributed by atoms with Crippen molar-refractivity contribution < 1.29 is 19.0 Å². The zero-order valence-electron chi connectivity index (χ0n) is 21.7. The zero-order chi connectivity index (χ0) is 24.4. The molecule has 1 atom stereocenters. The summed E-state index contributed by atoms with van der Waals surface area (Å²) in [6, 6.07) is 10.1. The Kier molecular flexibility index (Phi) is 14.6. The Morgan fingerprint density at radius 2 is 1.82 bits per heavy atom. The Balaban J connectivity index is 1.93. The van der Waals surface area contributed by atoms with Crippen LogP contribution in [-0.2, 0) is 20.8 Å². The van der Waals surface area contributed by atoms with Crippen molar-refractivity contribution in [1.82, 2.24) is 4.90 Å². The standard InChI is InChI=1S/C28H46N2O4/c1-4-7-9-17-25(29-20-14-19-27(32-5-2)33-6-3)22-26-18-12-13-21-30(26)28(31)34-23-24-15-10-8-11-16-24/h8,10-11,15-16,26-27H,4-7,9,12-14,17-23H2,1-3H3/t26-/m1/s1. The molecule has 6 nitrogen and oxygen atoms in total. The van der Waals surface area contributed by atoms with E-state index in [1.165, 1.54) is 18.6 Å². The largest absolute Gasteiger partial charge is 0.445 e. The molecule has 1 saturated heterocycles. The van der Waals surface area contributed by atoms with E-state index in [2.05, 4.69) is 6.92 Å². The van der Waals surface area contributed by atoms with Gasteiger partial charge in [0.15, 0.2) is 6.29 Å². The molecule has 192 valence electrons. The Bertz CT molecular complexity index is 689. The minimum Gasteiger partial charge on any atom is -0.445 e. The number of carbonyl (C=O) groups excluding carboxylic acids is 1. The fraction of sp³-hybridized carbons (Fsp3) is 0.714. The molecule has 0 aromatic heterocycles. The Morgan fingerprint density at radius 3 is 2.53 bits per heavy atom. The van der Waals surface area contributed by atoms with E-state index >= 15 is 0 Å². The normalized spacial score (nSPS) is 16.8. The van der Waals surface area contributed by atoms with Crippen LogP contribution in [0.3, 0.4) is 0 Å². The van der Waals surface area contributed by atoms with E-state index in [0.29, 0.717) is 19.8 Å². The number of aliphatic imine (C=N–C) groups is 1. The zero-order valence-corrected chi connectivity index (χ0v) is 21.7. The average Bonchev–Trinajstić information content (AvgIpc) is 2.86. The number of likely N-dealkylation sites (tertiary alicyclic amines) is 1. The first kappa shape index (κ1) is 28.3. The van der Waals surface area contributed by atoms with Crippen LogP contribution in [0.15, 0.2) is 35.3 Å². The molecule has 1 aliphatic rings. The third-order valence-electron chi connectivity index (χ3n) is 6.25. The molecule has 34 heavy (non-hydrogen) atoms. The number of carbonyl (C=O) groups is 1. The molecule has 0 radical (unpaired) electrons. The lowest BCUT2D eigenvalue weighted by Gasteiger charge is -2.35. The van der Waals surface area contributed by atoms with Gasteiger partial charge in [-0.2, -0.15) is 0 Å². The molecule has 0 N–H and O–H groups in total. The summed E-state index contributed by atoms with van der Waals surface area (Å²) in [6.07, 6.45) is 10.1. The molecular formula is C28H46N2O4. The molecular weight excluding hydrogens is 428 g/mol. The number of benzene rings is 1. The molecule has 1 heterocycles. The Hall–Kier alpha value is -1.92. The van der Waals surface area contributed by atoms with Crippen molar-refractivity contribution in [3.05, 3.63) is 35.9 Å². The first-order chi connectivity index (χ1) is 16.7. The van der Waals surface area contributed by atoms with E-state index in [9.17, 15) is 4.79 Å². The van der Waals surface area contributed by atoms with Crippen LogP contribution in [0.4, 0.5) is 4.79 Å². The van der Waals surface area contributed by atoms with E-state index in [1.807, 2.05) is 49.1 Å². The van der Waals surface area contributed by atoms with Gasteiger partial charge < -0.3 is 19.1 Å². The number of rotatable bonds is 16. The maximum Gasteiger partial charge on any atom is 0.410 e. The average molecular weight is 475 g/mol. The van der Waals surface area contributed by atoms with Crippen molar-refractivity contribution in [3.63, 3.8) is 0 Å². The smallest absolute Gasteiger partial charge is 0.410 e. The van der Waals surface area contributed by atoms with E-state index in [1.54, 1.807) is 0 Å². The lowest BCUT2D eigenvalue weighted by atomic mass is 9.95. The summed E-state index contributed by atoms with van der Waals surface area (Å²) in [5.41, 5.74) is 2.26. The Labute approximate surface area is 207 Å². The molecule has 0 aliphatic carbocycles. The maximum atomic E-state index is 12.9. The highest BCUT2D eigenvalue weighted by molar-refractivity contribution is 5.85. The van der Waals surface area contributed by atoms with E-state index in [0.717, 1.165) is 70.0 Å². The summed E-state index contributed by atoms with van der Waals surface area (Å²) in [5, 5.41) is 0. The highest BCUT2D eigenvalue weighted by Gasteiger charge is 2.28. The van der Waals surface area contributed by atoms with Gasteiger partial charge in [-0.3, -0.25) is 4.99 Å². The molecule has 0 spiro atoms. The van der Waals surface area contributed by atoms with Crippen molar-refractivity contribution in [2.75, 3.05) is 26.3 Å². The number of hydrogen-bond acceptors (Lipinski definition) is 5. The molecule has 1 fully saturated rings. The number of amides is 1. The SMILES string of the molecule is CCCCCC(C[C@H]1CCCCN1C(=O)OCc1ccccc1)=NCCCC(OCC)OCC. The second kappa shape index (κ2) is 17.5. The fourth-order valence-corrected chi connectivity index (χ4v) is 4.43. The molecule has 0 unspecified atom stereocenters. The van der Waals surface area contributed by atoms with Gasteiger partial charge in [-0.15, -0.1) is 0 Å². The first-order valence-corrected chi connectivity index (χ1v) is 13.4. The minimum atomic E-state index is -0.197. The van der Waals surface area contributed by atoms with Crippen LogP contribution in [0.5, 0.6) is 0 Å². The number of nitrogens with zero attached hydrogens (tertiary/aromatic N) is 2. The van der Waals surface area contributed by atoms with Gasteiger partial charge in [-0.25, -0.2) is 4.79 Å². The molecule has 1 aromatic rings. The van der Waals surface area contributed by atoms with Gasteiger partial charge in [0, 0.05) is 50.9 Å². The lowest BCUT2D eigenvalue weighted by Crippen LogP contribution is -2.45. The van der Waals surface area contributed by atoms with Crippen LogP contribution in [0, 0.1) is 0 Å². The Morgan fingerprint density at radius 1 is 1.06 bits per heavy atom. The first-order valence-electron chi connectivity index (χ1n) is 13.4. The molecule has 1 aromatic carbocycles. The lowest BCUT2D eigenvalue weighted by molar-refractivity contribution is -0.139. The molecule has 0 saturated carbocycles. The van der Waals surface area contributed by atoms with Gasteiger partial charge in [0.2, 0.25) is 0 Å². The molecule has 1 amide bonds. The van der Waals surface area contributed by atoms with Crippen LogP contribution in [-0.4, -0.2) is 55.3 Å². The van der Waals surface area contributed by atoms with Crippen LogP contribution < -0.4 is 0 Å². The highest BCUT2D eigenvalue weighted by Crippen LogP contribution is 2.23. The van der Waals surface area contributed by atoms with E-state index < -0.39 is 0 Å². The van der Waals surface area contributed by atoms with Gasteiger partial charge in [-0.05, 0) is 57.9 Å². The second-order valence-corrected chi connectivity index (χ2v) is 8.97. The van der Waals surface area contributed by atoms with Crippen LogP contribution in [0.2, 0.25) is 0 Å². The predicted octanol–water partition coefficient (Wildman–Crippen LogP) is 6.77. The number of unbranched alkanes of at least 4 members (excludes halogenated alkanes) is 2. The fourth-order valence-electron chi connectivity index (χ4n) is 4.43. The van der Waals surface area contributed by atoms with Crippen LogP contribution in [0.25, 0.3) is 0 Å². The summed E-state index contributed by atoms with van der Waals surface area (Å²) < 4.78 is 17.0. The van der Waals surface area contributed by atoms with Gasteiger partial charge >= 0.3 is 6.09 Å². The van der Waals surface area contributed by atoms with Crippen molar-refractivity contribution >= 4 is 11.8 Å². The summed E-state index contributed by atoms with van der Waals surface area (Å²) in [4.78, 5) is 19.9. The number of piperidine rings is 1. The summed E-state index contributed by atoms with van der Waals surface area (Å²) in [6.45, 7) is 9.41. The third kappa shape index (κ3) is 11.0. The minimum absolute atomic E-state index is 0.137. The monoisotopic (exact) mass is 474 g/mol.